The monoisotopic (exact) mass is 452 g/mol. The van der Waals surface area contributed by atoms with E-state index in [0.29, 0.717) is 11.2 Å². The fourth-order valence-corrected chi connectivity index (χ4v) is 4.00. The summed E-state index contributed by atoms with van der Waals surface area (Å²) < 4.78 is 34.6. The van der Waals surface area contributed by atoms with Gasteiger partial charge in [-0.1, -0.05) is 12.1 Å². The van der Waals surface area contributed by atoms with Crippen molar-refractivity contribution in [2.45, 2.75) is 6.54 Å². The number of anilines is 2. The zero-order chi connectivity index (χ0) is 22.9. The molecule has 0 bridgehead atoms. The van der Waals surface area contributed by atoms with Gasteiger partial charge in [-0.25, -0.2) is 27.6 Å². The Labute approximate surface area is 188 Å². The number of nitrogens with zero attached hydrogens (tertiary/aromatic N) is 6. The van der Waals surface area contributed by atoms with E-state index in [9.17, 15) is 13.6 Å². The minimum Gasteiger partial charge on any atom is -0.497 e. The van der Waals surface area contributed by atoms with Crippen LogP contribution in [0.25, 0.3) is 5.65 Å². The molecule has 1 saturated heterocycles. The first kappa shape index (κ1) is 20.9. The van der Waals surface area contributed by atoms with Crippen molar-refractivity contribution in [3.05, 3.63) is 82.5 Å². The molecule has 0 saturated carbocycles. The largest absolute Gasteiger partial charge is 0.497 e. The molecule has 1 aliphatic rings. The van der Waals surface area contributed by atoms with Crippen LogP contribution in [-0.4, -0.2) is 52.5 Å². The summed E-state index contributed by atoms with van der Waals surface area (Å²) in [6.45, 7) is 3.20. The zero-order valence-electron chi connectivity index (χ0n) is 18.0. The molecule has 1 aliphatic heterocycles. The highest BCUT2D eigenvalue weighted by Crippen LogP contribution is 2.23. The second kappa shape index (κ2) is 8.53. The van der Waals surface area contributed by atoms with Gasteiger partial charge in [-0.3, -0.25) is 0 Å². The molecule has 8 nitrogen and oxygen atoms in total. The van der Waals surface area contributed by atoms with Gasteiger partial charge in [-0.2, -0.15) is 0 Å². The summed E-state index contributed by atoms with van der Waals surface area (Å²) in [6, 6.07) is 13.3. The highest BCUT2D eigenvalue weighted by molar-refractivity contribution is 5.54. The molecule has 4 aromatic rings. The van der Waals surface area contributed by atoms with Crippen LogP contribution >= 0.6 is 0 Å². The minimum absolute atomic E-state index is 0.0340. The molecule has 1 fully saturated rings. The van der Waals surface area contributed by atoms with Crippen LogP contribution in [-0.2, 0) is 6.54 Å². The Balaban J connectivity index is 1.32. The van der Waals surface area contributed by atoms with E-state index in [4.69, 9.17) is 4.74 Å². The maximum absolute atomic E-state index is 13.5. The quantitative estimate of drug-likeness (QED) is 0.464. The van der Waals surface area contributed by atoms with E-state index in [1.54, 1.807) is 13.2 Å². The van der Waals surface area contributed by atoms with Crippen molar-refractivity contribution in [3.8, 4) is 5.75 Å². The number of methoxy groups -OCH3 is 1. The molecule has 0 atom stereocenters. The van der Waals surface area contributed by atoms with Crippen molar-refractivity contribution >= 4 is 17.2 Å². The van der Waals surface area contributed by atoms with Crippen LogP contribution in [0.4, 0.5) is 20.3 Å². The first-order valence-electron chi connectivity index (χ1n) is 10.5. The lowest BCUT2D eigenvalue weighted by Gasteiger charge is -2.36. The Morgan fingerprint density at radius 2 is 1.76 bits per heavy atom. The second-order valence-corrected chi connectivity index (χ2v) is 7.84. The number of piperazine rings is 1. The highest BCUT2D eigenvalue weighted by Gasteiger charge is 2.20. The molecular weight excluding hydrogens is 430 g/mol. The summed E-state index contributed by atoms with van der Waals surface area (Å²) in [7, 11) is 1.66. The van der Waals surface area contributed by atoms with Crippen LogP contribution in [0.3, 0.4) is 0 Å². The van der Waals surface area contributed by atoms with E-state index in [-0.39, 0.29) is 6.54 Å². The van der Waals surface area contributed by atoms with Crippen molar-refractivity contribution in [2.24, 2.45) is 0 Å². The van der Waals surface area contributed by atoms with Crippen LogP contribution < -0.4 is 20.2 Å². The van der Waals surface area contributed by atoms with Crippen LogP contribution in [0.15, 0.2) is 59.7 Å². The van der Waals surface area contributed by atoms with E-state index < -0.39 is 17.3 Å². The Hall–Kier alpha value is -3.95. The van der Waals surface area contributed by atoms with Gasteiger partial charge >= 0.3 is 5.69 Å². The molecule has 0 N–H and O–H groups in total. The Morgan fingerprint density at radius 1 is 0.970 bits per heavy atom. The summed E-state index contributed by atoms with van der Waals surface area (Å²) in [6.07, 6.45) is 1.45. The predicted octanol–water partition coefficient (Wildman–Crippen LogP) is 2.55. The molecule has 0 aliphatic carbocycles. The van der Waals surface area contributed by atoms with E-state index >= 15 is 0 Å². The smallest absolute Gasteiger partial charge is 0.351 e. The summed E-state index contributed by atoms with van der Waals surface area (Å²) in [5, 5.41) is 4.36. The second-order valence-electron chi connectivity index (χ2n) is 7.84. The molecular formula is C23H22F2N6O2. The fourth-order valence-electron chi connectivity index (χ4n) is 4.00. The van der Waals surface area contributed by atoms with Gasteiger partial charge in [0.25, 0.3) is 0 Å². The average Bonchev–Trinajstić information content (AvgIpc) is 3.16. The number of hydrogen-bond acceptors (Lipinski definition) is 6. The lowest BCUT2D eigenvalue weighted by atomic mass is 10.2. The number of halogens is 2. The molecule has 2 aromatic heterocycles. The highest BCUT2D eigenvalue weighted by atomic mass is 19.2. The van der Waals surface area contributed by atoms with Gasteiger partial charge in [0.2, 0.25) is 0 Å². The van der Waals surface area contributed by atoms with Gasteiger partial charge in [0.1, 0.15) is 17.9 Å². The van der Waals surface area contributed by atoms with Gasteiger partial charge in [0.15, 0.2) is 17.3 Å². The fraction of sp³-hybridized carbons (Fsp3) is 0.261. The maximum Gasteiger partial charge on any atom is 0.351 e. The SMILES string of the molecule is COc1cccc(N2CCN(c3cc4nn(Cc5ccc(F)c(F)c5)c(=O)n4cn3)CC2)c1. The van der Waals surface area contributed by atoms with Crippen molar-refractivity contribution < 1.29 is 13.5 Å². The van der Waals surface area contributed by atoms with E-state index in [1.807, 2.05) is 18.2 Å². The summed E-state index contributed by atoms with van der Waals surface area (Å²) in [5.74, 6) is -0.327. The van der Waals surface area contributed by atoms with Crippen molar-refractivity contribution in [1.82, 2.24) is 19.2 Å². The molecule has 0 spiro atoms. The molecule has 0 radical (unpaired) electrons. The number of benzene rings is 2. The van der Waals surface area contributed by atoms with Crippen molar-refractivity contribution in [1.29, 1.82) is 0 Å². The molecule has 170 valence electrons. The molecule has 0 amide bonds. The number of rotatable bonds is 5. The first-order valence-corrected chi connectivity index (χ1v) is 10.5. The molecule has 2 aromatic carbocycles. The number of aromatic nitrogens is 4. The van der Waals surface area contributed by atoms with E-state index in [2.05, 4.69) is 25.9 Å². The topological polar surface area (TPSA) is 67.9 Å². The normalized spacial score (nSPS) is 14.2. The average molecular weight is 452 g/mol. The van der Waals surface area contributed by atoms with Gasteiger partial charge in [0, 0.05) is 44.0 Å². The van der Waals surface area contributed by atoms with Crippen molar-refractivity contribution in [2.75, 3.05) is 43.1 Å². The summed E-state index contributed by atoms with van der Waals surface area (Å²) in [4.78, 5) is 21.5. The molecule has 5 rings (SSSR count). The van der Waals surface area contributed by atoms with Crippen molar-refractivity contribution in [3.63, 3.8) is 0 Å². The van der Waals surface area contributed by atoms with E-state index in [0.717, 1.165) is 55.6 Å². The Morgan fingerprint density at radius 3 is 2.52 bits per heavy atom. The summed E-state index contributed by atoms with van der Waals surface area (Å²) in [5.41, 5.74) is 1.61. The lowest BCUT2D eigenvalue weighted by Crippen LogP contribution is -2.46. The third-order valence-corrected chi connectivity index (χ3v) is 5.80. The minimum atomic E-state index is -0.957. The third-order valence-electron chi connectivity index (χ3n) is 5.80. The Bertz CT molecular complexity index is 1360. The van der Waals surface area contributed by atoms with Gasteiger partial charge < -0.3 is 14.5 Å². The lowest BCUT2D eigenvalue weighted by molar-refractivity contribution is 0.414. The first-order chi connectivity index (χ1) is 16.0. The maximum atomic E-state index is 13.5. The summed E-state index contributed by atoms with van der Waals surface area (Å²) >= 11 is 0. The van der Waals surface area contributed by atoms with Crippen LogP contribution in [0.1, 0.15) is 5.56 Å². The van der Waals surface area contributed by atoms with Gasteiger partial charge in [-0.15, -0.1) is 5.10 Å². The predicted molar refractivity (Wildman–Crippen MR) is 120 cm³/mol. The standard InChI is InChI=1S/C23H22F2N6O2/c1-33-18-4-2-3-17(12-18)28-7-9-29(10-8-28)21-13-22-27-31(23(32)30(22)15-26-21)14-16-5-6-19(24)20(25)11-16/h2-6,11-13,15H,7-10,14H2,1H3. The molecule has 0 unspecified atom stereocenters. The molecule has 3 heterocycles. The number of hydrogen-bond donors (Lipinski definition) is 0. The van der Waals surface area contributed by atoms with E-state index in [1.165, 1.54) is 21.5 Å². The van der Waals surface area contributed by atoms with Gasteiger partial charge in [0.05, 0.1) is 13.7 Å². The number of ether oxygens (including phenoxy) is 1. The zero-order valence-corrected chi connectivity index (χ0v) is 18.0. The third kappa shape index (κ3) is 4.11. The van der Waals surface area contributed by atoms with Crippen LogP contribution in [0.2, 0.25) is 0 Å². The molecule has 10 heteroatoms. The molecule has 33 heavy (non-hydrogen) atoms. The van der Waals surface area contributed by atoms with Gasteiger partial charge in [-0.05, 0) is 29.8 Å². The Kier molecular flexibility index (Phi) is 5.41. The number of fused-ring (bicyclic) bond motifs is 1. The van der Waals surface area contributed by atoms with Crippen LogP contribution in [0.5, 0.6) is 5.75 Å². The van der Waals surface area contributed by atoms with Crippen LogP contribution in [0, 0.1) is 11.6 Å².